The minimum Gasteiger partial charge on any atom is -0.494 e. The Morgan fingerprint density at radius 1 is 1.39 bits per heavy atom. The maximum atomic E-state index is 12.9. The fourth-order valence-corrected chi connectivity index (χ4v) is 4.13. The van der Waals surface area contributed by atoms with Gasteiger partial charge >= 0.3 is 0 Å². The van der Waals surface area contributed by atoms with E-state index < -0.39 is 0 Å². The van der Waals surface area contributed by atoms with E-state index in [0.29, 0.717) is 44.8 Å². The first-order valence-electron chi connectivity index (χ1n) is 6.65. The summed E-state index contributed by atoms with van der Waals surface area (Å²) in [4.78, 5) is 18.5. The molecule has 2 aromatic rings. The van der Waals surface area contributed by atoms with Gasteiger partial charge in [-0.15, -0.1) is 0 Å². The first-order valence-corrected chi connectivity index (χ1v) is 8.61. The van der Waals surface area contributed by atoms with Crippen LogP contribution in [0.5, 0.6) is 11.5 Å². The number of aromatic nitrogens is 1. The van der Waals surface area contributed by atoms with Gasteiger partial charge in [-0.3, -0.25) is 9.69 Å². The second-order valence-corrected chi connectivity index (χ2v) is 6.79. The normalized spacial score (nSPS) is 13.3. The van der Waals surface area contributed by atoms with E-state index in [0.717, 1.165) is 0 Å². The molecule has 0 atom stereocenters. The highest BCUT2D eigenvalue weighted by Gasteiger charge is 2.28. The quantitative estimate of drug-likeness (QED) is 0.625. The summed E-state index contributed by atoms with van der Waals surface area (Å²) >= 11 is 13.0. The van der Waals surface area contributed by atoms with E-state index in [4.69, 9.17) is 21.1 Å². The molecule has 23 heavy (non-hydrogen) atoms. The molecule has 0 saturated carbocycles. The highest BCUT2D eigenvalue weighted by Crippen LogP contribution is 2.39. The number of amides is 1. The van der Waals surface area contributed by atoms with Gasteiger partial charge in [0, 0.05) is 17.8 Å². The van der Waals surface area contributed by atoms with E-state index in [9.17, 15) is 4.79 Å². The van der Waals surface area contributed by atoms with Crippen molar-refractivity contribution in [3.63, 3.8) is 0 Å². The Balaban J connectivity index is 2.03. The van der Waals surface area contributed by atoms with Crippen LogP contribution in [0.15, 0.2) is 33.3 Å². The Kier molecular flexibility index (Phi) is 4.79. The summed E-state index contributed by atoms with van der Waals surface area (Å²) in [7, 11) is 1.57. The van der Waals surface area contributed by atoms with Crippen LogP contribution in [-0.4, -0.2) is 31.2 Å². The number of pyridine rings is 1. The molecule has 5 nitrogen and oxygen atoms in total. The first-order chi connectivity index (χ1) is 11.0. The molecule has 0 radical (unpaired) electrons. The number of methoxy groups -OCH3 is 1. The average molecular weight is 463 g/mol. The van der Waals surface area contributed by atoms with E-state index in [1.165, 1.54) is 0 Å². The first kappa shape index (κ1) is 16.5. The predicted octanol–water partition coefficient (Wildman–Crippen LogP) is 4.31. The number of hydrogen-bond acceptors (Lipinski definition) is 4. The van der Waals surface area contributed by atoms with Gasteiger partial charge in [0.25, 0.3) is 5.91 Å². The lowest BCUT2D eigenvalue weighted by Crippen LogP contribution is -2.38. The van der Waals surface area contributed by atoms with Crippen LogP contribution in [0.4, 0.5) is 5.69 Å². The van der Waals surface area contributed by atoms with Gasteiger partial charge in [-0.05, 0) is 44.0 Å². The Bertz CT molecular complexity index is 762. The van der Waals surface area contributed by atoms with Crippen LogP contribution < -0.4 is 14.4 Å². The Labute approximate surface area is 154 Å². The van der Waals surface area contributed by atoms with Crippen LogP contribution in [0.1, 0.15) is 10.4 Å². The fraction of sp³-hybridized carbons (Fsp3) is 0.200. The van der Waals surface area contributed by atoms with Gasteiger partial charge in [-0.25, -0.2) is 4.98 Å². The van der Waals surface area contributed by atoms with Crippen molar-refractivity contribution in [2.45, 2.75) is 0 Å². The molecule has 1 aliphatic rings. The average Bonchev–Trinajstić information content (AvgIpc) is 2.53. The number of anilines is 1. The third-order valence-corrected chi connectivity index (χ3v) is 4.83. The molecule has 2 heterocycles. The van der Waals surface area contributed by atoms with E-state index in [1.54, 1.807) is 36.4 Å². The van der Waals surface area contributed by atoms with Crippen molar-refractivity contribution < 1.29 is 14.3 Å². The standard InChI is InChI=1S/C15H11Br2ClN2O3/c1-22-13-9(16)6-8(7-10(13)17)15(21)20-4-5-23-11-2-3-19-14(18)12(11)20/h2-3,6-7H,4-5H2,1H3. The van der Waals surface area contributed by atoms with Gasteiger partial charge in [-0.2, -0.15) is 0 Å². The molecular weight excluding hydrogens is 451 g/mol. The highest BCUT2D eigenvalue weighted by molar-refractivity contribution is 9.11. The molecular formula is C15H11Br2ClN2O3. The third kappa shape index (κ3) is 3.05. The summed E-state index contributed by atoms with van der Waals surface area (Å²) in [6.07, 6.45) is 1.55. The van der Waals surface area contributed by atoms with Crippen molar-refractivity contribution in [1.29, 1.82) is 0 Å². The van der Waals surface area contributed by atoms with Gasteiger partial charge in [0.05, 0.1) is 22.6 Å². The fourth-order valence-electron chi connectivity index (χ4n) is 2.37. The van der Waals surface area contributed by atoms with Crippen LogP contribution in [0, 0.1) is 0 Å². The lowest BCUT2D eigenvalue weighted by Gasteiger charge is -2.30. The smallest absolute Gasteiger partial charge is 0.258 e. The summed E-state index contributed by atoms with van der Waals surface area (Å²) in [5.41, 5.74) is 0.991. The minimum atomic E-state index is -0.187. The van der Waals surface area contributed by atoms with Crippen LogP contribution in [-0.2, 0) is 0 Å². The summed E-state index contributed by atoms with van der Waals surface area (Å²) in [5, 5.41) is 0.238. The number of fused-ring (bicyclic) bond motifs is 1. The van der Waals surface area contributed by atoms with E-state index in [-0.39, 0.29) is 11.1 Å². The molecule has 0 fully saturated rings. The maximum absolute atomic E-state index is 12.9. The number of rotatable bonds is 2. The zero-order valence-corrected chi connectivity index (χ0v) is 15.9. The van der Waals surface area contributed by atoms with Crippen molar-refractivity contribution in [2.75, 3.05) is 25.2 Å². The molecule has 1 amide bonds. The number of halogens is 3. The van der Waals surface area contributed by atoms with Crippen LogP contribution in [0.3, 0.4) is 0 Å². The molecule has 3 rings (SSSR count). The predicted molar refractivity (Wildman–Crippen MR) is 94.8 cm³/mol. The molecule has 0 aliphatic carbocycles. The van der Waals surface area contributed by atoms with Gasteiger partial charge in [0.2, 0.25) is 0 Å². The molecule has 0 spiro atoms. The monoisotopic (exact) mass is 460 g/mol. The zero-order chi connectivity index (χ0) is 16.6. The van der Waals surface area contributed by atoms with Gasteiger partial charge in [-0.1, -0.05) is 11.6 Å². The van der Waals surface area contributed by atoms with Crippen LogP contribution >= 0.6 is 43.5 Å². The SMILES string of the molecule is COc1c(Br)cc(C(=O)N2CCOc3ccnc(Cl)c32)cc1Br. The molecule has 1 aromatic carbocycles. The molecule has 0 unspecified atom stereocenters. The summed E-state index contributed by atoms with van der Waals surface area (Å²) in [6.45, 7) is 0.802. The van der Waals surface area contributed by atoms with Crippen molar-refractivity contribution in [1.82, 2.24) is 4.98 Å². The number of benzene rings is 1. The molecule has 0 saturated heterocycles. The van der Waals surface area contributed by atoms with Gasteiger partial charge in [0.1, 0.15) is 23.8 Å². The lowest BCUT2D eigenvalue weighted by molar-refractivity contribution is 0.0976. The number of ether oxygens (including phenoxy) is 2. The van der Waals surface area contributed by atoms with Crippen LogP contribution in [0.25, 0.3) is 0 Å². The molecule has 1 aliphatic heterocycles. The molecule has 120 valence electrons. The second-order valence-electron chi connectivity index (χ2n) is 4.73. The zero-order valence-electron chi connectivity index (χ0n) is 12.0. The number of hydrogen-bond donors (Lipinski definition) is 0. The number of nitrogens with zero attached hydrogens (tertiary/aromatic N) is 2. The summed E-state index contributed by atoms with van der Waals surface area (Å²) in [6, 6.07) is 5.12. The van der Waals surface area contributed by atoms with Crippen molar-refractivity contribution in [2.24, 2.45) is 0 Å². The topological polar surface area (TPSA) is 51.7 Å². The number of carbonyl (C=O) groups is 1. The van der Waals surface area contributed by atoms with Gasteiger partial charge < -0.3 is 9.47 Å². The third-order valence-electron chi connectivity index (χ3n) is 3.38. The number of carbonyl (C=O) groups excluding carboxylic acids is 1. The van der Waals surface area contributed by atoms with E-state index in [1.807, 2.05) is 0 Å². The Hall–Kier alpha value is -1.31. The summed E-state index contributed by atoms with van der Waals surface area (Å²) < 4.78 is 12.2. The molecule has 0 bridgehead atoms. The molecule has 1 aromatic heterocycles. The largest absolute Gasteiger partial charge is 0.494 e. The van der Waals surface area contributed by atoms with Crippen LogP contribution in [0.2, 0.25) is 5.15 Å². The van der Waals surface area contributed by atoms with Crippen molar-refractivity contribution >= 4 is 55.1 Å². The van der Waals surface area contributed by atoms with E-state index >= 15 is 0 Å². The Morgan fingerprint density at radius 3 is 2.74 bits per heavy atom. The highest BCUT2D eigenvalue weighted by atomic mass is 79.9. The van der Waals surface area contributed by atoms with Crippen molar-refractivity contribution in [3.05, 3.63) is 44.1 Å². The van der Waals surface area contributed by atoms with Gasteiger partial charge in [0.15, 0.2) is 5.15 Å². The lowest BCUT2D eigenvalue weighted by atomic mass is 10.1. The molecule has 8 heteroatoms. The summed E-state index contributed by atoms with van der Waals surface area (Å²) in [5.74, 6) is 0.994. The van der Waals surface area contributed by atoms with E-state index in [2.05, 4.69) is 36.8 Å². The Morgan fingerprint density at radius 2 is 2.09 bits per heavy atom. The second kappa shape index (κ2) is 6.67. The maximum Gasteiger partial charge on any atom is 0.258 e. The molecule has 0 N–H and O–H groups in total. The minimum absolute atomic E-state index is 0.187. The van der Waals surface area contributed by atoms with Crippen molar-refractivity contribution in [3.8, 4) is 11.5 Å².